The number of benzene rings is 2. The molecule has 0 N–H and O–H groups in total. The van der Waals surface area contributed by atoms with Crippen LogP contribution in [0, 0.1) is 13.8 Å². The molecule has 1 aliphatic heterocycles. The fourth-order valence-corrected chi connectivity index (χ4v) is 4.23. The molecule has 3 aromatic rings. The second-order valence-electron chi connectivity index (χ2n) is 8.27. The second kappa shape index (κ2) is 10.2. The minimum atomic E-state index is -0.0142. The average molecular weight is 465 g/mol. The number of rotatable bonds is 6. The highest BCUT2D eigenvalue weighted by Gasteiger charge is 2.25. The van der Waals surface area contributed by atoms with Gasteiger partial charge in [-0.1, -0.05) is 42.3 Å². The van der Waals surface area contributed by atoms with Gasteiger partial charge in [-0.3, -0.25) is 4.79 Å². The molecule has 1 amide bonds. The molecule has 1 fully saturated rings. The maximum atomic E-state index is 12.7. The molecule has 172 valence electrons. The molecule has 6 nitrogen and oxygen atoms in total. The first-order valence-corrected chi connectivity index (χ1v) is 11.7. The largest absolute Gasteiger partial charge is 0.484 e. The first-order valence-electron chi connectivity index (χ1n) is 11.3. The standard InChI is InChI=1S/C26H29ClN4O2/c1-4-23-19(3)28-25(20-7-5-6-18(2)16-20)29-26(23)31-14-12-30(13-15-31)24(32)17-33-22-10-8-21(27)9-11-22/h5-11,16H,4,12-15,17H2,1-3H3. The van der Waals surface area contributed by atoms with Crippen molar-refractivity contribution in [1.82, 2.24) is 14.9 Å². The molecular weight excluding hydrogens is 436 g/mol. The smallest absolute Gasteiger partial charge is 0.260 e. The molecule has 4 rings (SSSR count). The molecular formula is C26H29ClN4O2. The molecule has 0 saturated carbocycles. The number of hydrogen-bond donors (Lipinski definition) is 0. The Balaban J connectivity index is 1.44. The summed E-state index contributed by atoms with van der Waals surface area (Å²) in [5.41, 5.74) is 4.38. The van der Waals surface area contributed by atoms with E-state index in [9.17, 15) is 4.79 Å². The molecule has 1 aromatic heterocycles. The predicted molar refractivity (Wildman–Crippen MR) is 132 cm³/mol. The van der Waals surface area contributed by atoms with Crippen molar-refractivity contribution in [2.45, 2.75) is 27.2 Å². The van der Waals surface area contributed by atoms with Crippen LogP contribution in [0.5, 0.6) is 5.75 Å². The summed E-state index contributed by atoms with van der Waals surface area (Å²) in [7, 11) is 0. The fraction of sp³-hybridized carbons (Fsp3) is 0.346. The monoisotopic (exact) mass is 464 g/mol. The summed E-state index contributed by atoms with van der Waals surface area (Å²) in [6.45, 7) is 9.00. The van der Waals surface area contributed by atoms with Gasteiger partial charge < -0.3 is 14.5 Å². The van der Waals surface area contributed by atoms with Gasteiger partial charge in [0.2, 0.25) is 0 Å². The van der Waals surface area contributed by atoms with Crippen LogP contribution >= 0.6 is 11.6 Å². The lowest BCUT2D eigenvalue weighted by molar-refractivity contribution is -0.133. The van der Waals surface area contributed by atoms with Crippen LogP contribution < -0.4 is 9.64 Å². The quantitative estimate of drug-likeness (QED) is 0.529. The van der Waals surface area contributed by atoms with Crippen LogP contribution in [0.25, 0.3) is 11.4 Å². The van der Waals surface area contributed by atoms with Crippen LogP contribution in [-0.2, 0) is 11.2 Å². The van der Waals surface area contributed by atoms with E-state index in [0.29, 0.717) is 23.9 Å². The lowest BCUT2D eigenvalue weighted by Gasteiger charge is -2.36. The number of halogens is 1. The third-order valence-electron chi connectivity index (χ3n) is 5.93. The molecule has 1 saturated heterocycles. The van der Waals surface area contributed by atoms with Crippen molar-refractivity contribution in [1.29, 1.82) is 0 Å². The summed E-state index contributed by atoms with van der Waals surface area (Å²) in [6, 6.07) is 15.3. The Hall–Kier alpha value is -3.12. The zero-order valence-electron chi connectivity index (χ0n) is 19.3. The number of ether oxygens (including phenoxy) is 1. The lowest BCUT2D eigenvalue weighted by Crippen LogP contribution is -2.50. The summed E-state index contributed by atoms with van der Waals surface area (Å²) in [5, 5.41) is 0.641. The molecule has 0 unspecified atom stereocenters. The summed E-state index contributed by atoms with van der Waals surface area (Å²) in [5.74, 6) is 2.35. The van der Waals surface area contributed by atoms with Gasteiger partial charge >= 0.3 is 0 Å². The Kier molecular flexibility index (Phi) is 7.14. The maximum Gasteiger partial charge on any atom is 0.260 e. The number of aryl methyl sites for hydroxylation is 2. The van der Waals surface area contributed by atoms with Gasteiger partial charge in [-0.05, 0) is 50.6 Å². The zero-order chi connectivity index (χ0) is 23.4. The van der Waals surface area contributed by atoms with Gasteiger partial charge in [0.05, 0.1) is 0 Å². The number of amides is 1. The van der Waals surface area contributed by atoms with E-state index in [-0.39, 0.29) is 12.5 Å². The van der Waals surface area contributed by atoms with Crippen molar-refractivity contribution in [3.8, 4) is 17.1 Å². The van der Waals surface area contributed by atoms with E-state index >= 15 is 0 Å². The van der Waals surface area contributed by atoms with Gasteiger partial charge in [0.25, 0.3) is 5.91 Å². The molecule has 0 spiro atoms. The van der Waals surface area contributed by atoms with E-state index in [1.165, 1.54) is 5.56 Å². The third kappa shape index (κ3) is 5.45. The van der Waals surface area contributed by atoms with Crippen molar-refractivity contribution in [2.75, 3.05) is 37.7 Å². The Bertz CT molecular complexity index is 1130. The normalized spacial score (nSPS) is 13.8. The van der Waals surface area contributed by atoms with Crippen molar-refractivity contribution >= 4 is 23.3 Å². The van der Waals surface area contributed by atoms with Crippen LogP contribution in [0.3, 0.4) is 0 Å². The number of anilines is 1. The molecule has 7 heteroatoms. The minimum absolute atomic E-state index is 0.0142. The van der Waals surface area contributed by atoms with Crippen LogP contribution in [-0.4, -0.2) is 53.6 Å². The SMILES string of the molecule is CCc1c(C)nc(-c2cccc(C)c2)nc1N1CCN(C(=O)COc2ccc(Cl)cc2)CC1. The van der Waals surface area contributed by atoms with E-state index in [1.54, 1.807) is 24.3 Å². The van der Waals surface area contributed by atoms with Gasteiger partial charge in [0.15, 0.2) is 12.4 Å². The van der Waals surface area contributed by atoms with Crippen molar-refractivity contribution in [3.63, 3.8) is 0 Å². The topological polar surface area (TPSA) is 58.6 Å². The number of carbonyl (C=O) groups is 1. The van der Waals surface area contributed by atoms with Crippen molar-refractivity contribution < 1.29 is 9.53 Å². The summed E-state index contributed by atoms with van der Waals surface area (Å²) >= 11 is 5.90. The predicted octanol–water partition coefficient (Wildman–Crippen LogP) is 4.70. The van der Waals surface area contributed by atoms with Gasteiger partial charge in [-0.25, -0.2) is 9.97 Å². The third-order valence-corrected chi connectivity index (χ3v) is 6.18. The number of piperazine rings is 1. The molecule has 2 heterocycles. The Morgan fingerprint density at radius 1 is 1.03 bits per heavy atom. The summed E-state index contributed by atoms with van der Waals surface area (Å²) in [6.07, 6.45) is 0.864. The van der Waals surface area contributed by atoms with Gasteiger partial charge in [0.1, 0.15) is 11.6 Å². The van der Waals surface area contributed by atoms with Crippen LogP contribution in [0.1, 0.15) is 23.7 Å². The van der Waals surface area contributed by atoms with Gasteiger partial charge in [0, 0.05) is 48.0 Å². The molecule has 1 aliphatic rings. The zero-order valence-corrected chi connectivity index (χ0v) is 20.1. The number of aromatic nitrogens is 2. The molecule has 0 aliphatic carbocycles. The lowest BCUT2D eigenvalue weighted by atomic mass is 10.1. The Labute approximate surface area is 200 Å². The molecule has 0 atom stereocenters. The highest BCUT2D eigenvalue weighted by Crippen LogP contribution is 2.27. The Morgan fingerprint density at radius 2 is 1.76 bits per heavy atom. The highest BCUT2D eigenvalue weighted by atomic mass is 35.5. The van der Waals surface area contributed by atoms with E-state index in [4.69, 9.17) is 26.3 Å². The number of carbonyl (C=O) groups excluding carboxylic acids is 1. The van der Waals surface area contributed by atoms with E-state index < -0.39 is 0 Å². The molecule has 2 aromatic carbocycles. The summed E-state index contributed by atoms with van der Waals surface area (Å²) in [4.78, 5) is 26.5. The average Bonchev–Trinajstić information content (AvgIpc) is 2.83. The highest BCUT2D eigenvalue weighted by molar-refractivity contribution is 6.30. The molecule has 0 bridgehead atoms. The van der Waals surface area contributed by atoms with Crippen molar-refractivity contribution in [3.05, 3.63) is 70.4 Å². The maximum absolute atomic E-state index is 12.7. The second-order valence-corrected chi connectivity index (χ2v) is 8.70. The van der Waals surface area contributed by atoms with E-state index in [1.807, 2.05) is 11.0 Å². The first kappa shape index (κ1) is 23.1. The van der Waals surface area contributed by atoms with Crippen LogP contribution in [0.4, 0.5) is 5.82 Å². The van der Waals surface area contributed by atoms with Crippen LogP contribution in [0.2, 0.25) is 5.02 Å². The van der Waals surface area contributed by atoms with Crippen molar-refractivity contribution in [2.24, 2.45) is 0 Å². The van der Waals surface area contributed by atoms with E-state index in [2.05, 4.69) is 43.9 Å². The Morgan fingerprint density at radius 3 is 2.42 bits per heavy atom. The minimum Gasteiger partial charge on any atom is -0.484 e. The van der Waals surface area contributed by atoms with E-state index in [0.717, 1.165) is 48.0 Å². The number of nitrogens with zero attached hydrogens (tertiary/aromatic N) is 4. The van der Waals surface area contributed by atoms with Gasteiger partial charge in [-0.15, -0.1) is 0 Å². The number of hydrogen-bond acceptors (Lipinski definition) is 5. The van der Waals surface area contributed by atoms with Crippen LogP contribution in [0.15, 0.2) is 48.5 Å². The first-order chi connectivity index (χ1) is 15.9. The van der Waals surface area contributed by atoms with Gasteiger partial charge in [-0.2, -0.15) is 0 Å². The molecule has 33 heavy (non-hydrogen) atoms. The fourth-order valence-electron chi connectivity index (χ4n) is 4.10. The molecule has 0 radical (unpaired) electrons. The summed E-state index contributed by atoms with van der Waals surface area (Å²) < 4.78 is 5.63.